The summed E-state index contributed by atoms with van der Waals surface area (Å²) < 4.78 is 6.17. The number of nitrogens with zero attached hydrogens (tertiary/aromatic N) is 3. The Balaban J connectivity index is 1.30. The highest BCUT2D eigenvalue weighted by molar-refractivity contribution is 6.20. The summed E-state index contributed by atoms with van der Waals surface area (Å²) in [6, 6.07) is 30.9. The standard InChI is InChI=1S/C39H41N3O2/c1-2-3-4-5-6-7-8-9-10-17-26-44-39-41-37(33-22-15-16-23-36(33)43)40-38(42-39)35-27-34-29-19-12-11-18-28(29)24-25-32(34)30-20-13-14-21-31(30)35/h11-16,18-25,27,43H,2-10,17,26H2,1H3. The lowest BCUT2D eigenvalue weighted by molar-refractivity contribution is 0.281. The van der Waals surface area contributed by atoms with E-state index in [9.17, 15) is 5.11 Å². The van der Waals surface area contributed by atoms with Gasteiger partial charge in [0.2, 0.25) is 0 Å². The number of para-hydroxylation sites is 1. The van der Waals surface area contributed by atoms with Crippen molar-refractivity contribution in [2.75, 3.05) is 6.61 Å². The van der Waals surface area contributed by atoms with Crippen molar-refractivity contribution >= 4 is 32.3 Å². The first-order chi connectivity index (χ1) is 21.7. The molecule has 0 unspecified atom stereocenters. The molecule has 0 aliphatic rings. The minimum Gasteiger partial charge on any atom is -0.507 e. The maximum absolute atomic E-state index is 10.7. The van der Waals surface area contributed by atoms with E-state index in [1.165, 1.54) is 67.5 Å². The van der Waals surface area contributed by atoms with E-state index in [4.69, 9.17) is 14.7 Å². The molecule has 0 aliphatic carbocycles. The van der Waals surface area contributed by atoms with E-state index in [0.29, 0.717) is 23.8 Å². The molecule has 0 fully saturated rings. The van der Waals surface area contributed by atoms with Crippen LogP contribution in [0.4, 0.5) is 0 Å². The molecule has 5 nitrogen and oxygen atoms in total. The zero-order valence-electron chi connectivity index (χ0n) is 25.6. The van der Waals surface area contributed by atoms with Crippen LogP contribution in [0.15, 0.2) is 91.0 Å². The Morgan fingerprint density at radius 3 is 1.86 bits per heavy atom. The van der Waals surface area contributed by atoms with Crippen LogP contribution in [0.3, 0.4) is 0 Å². The van der Waals surface area contributed by atoms with Gasteiger partial charge in [0.15, 0.2) is 11.6 Å². The fourth-order valence-electron chi connectivity index (χ4n) is 6.12. The maximum atomic E-state index is 10.7. The number of aromatic hydroxyl groups is 1. The summed E-state index contributed by atoms with van der Waals surface area (Å²) in [4.78, 5) is 14.4. The molecule has 5 heteroatoms. The van der Waals surface area contributed by atoms with Crippen LogP contribution in [0, 0.1) is 0 Å². The fourth-order valence-corrected chi connectivity index (χ4v) is 6.12. The smallest absolute Gasteiger partial charge is 0.320 e. The van der Waals surface area contributed by atoms with Crippen LogP contribution in [-0.2, 0) is 0 Å². The molecule has 1 heterocycles. The first-order valence-electron chi connectivity index (χ1n) is 16.2. The average Bonchev–Trinajstić information content (AvgIpc) is 3.06. The van der Waals surface area contributed by atoms with E-state index < -0.39 is 0 Å². The SMILES string of the molecule is CCCCCCCCCCCCOc1nc(-c2ccccc2O)nc(-c2cc3c4ccccc4ccc3c3ccccc23)n1. The van der Waals surface area contributed by atoms with Crippen LogP contribution in [0.1, 0.15) is 71.1 Å². The number of phenolic OH excluding ortho intramolecular Hbond substituents is 1. The molecule has 0 saturated heterocycles. The predicted octanol–water partition coefficient (Wildman–Crippen LogP) is 10.7. The summed E-state index contributed by atoms with van der Waals surface area (Å²) in [6.07, 6.45) is 12.6. The molecule has 0 atom stereocenters. The summed E-state index contributed by atoms with van der Waals surface area (Å²) in [7, 11) is 0. The van der Waals surface area contributed by atoms with Crippen molar-refractivity contribution in [2.24, 2.45) is 0 Å². The fraction of sp³-hybridized carbons (Fsp3) is 0.308. The first-order valence-corrected chi connectivity index (χ1v) is 16.2. The van der Waals surface area contributed by atoms with Gasteiger partial charge in [0.25, 0.3) is 0 Å². The topological polar surface area (TPSA) is 68.1 Å². The van der Waals surface area contributed by atoms with Gasteiger partial charge in [-0.1, -0.05) is 138 Å². The van der Waals surface area contributed by atoms with Gasteiger partial charge in [-0.2, -0.15) is 9.97 Å². The highest BCUT2D eigenvalue weighted by Crippen LogP contribution is 2.38. The van der Waals surface area contributed by atoms with E-state index >= 15 is 0 Å². The Labute approximate surface area is 260 Å². The summed E-state index contributed by atoms with van der Waals surface area (Å²) in [5.41, 5.74) is 1.46. The Kier molecular flexibility index (Phi) is 9.61. The summed E-state index contributed by atoms with van der Waals surface area (Å²) in [5, 5.41) is 17.6. The quantitative estimate of drug-likeness (QED) is 0.102. The van der Waals surface area contributed by atoms with Crippen molar-refractivity contribution in [1.29, 1.82) is 0 Å². The Morgan fingerprint density at radius 1 is 0.523 bits per heavy atom. The van der Waals surface area contributed by atoms with Gasteiger partial charge < -0.3 is 9.84 Å². The minimum atomic E-state index is 0.125. The number of hydrogen-bond acceptors (Lipinski definition) is 5. The number of rotatable bonds is 14. The molecule has 1 N–H and O–H groups in total. The number of fused-ring (bicyclic) bond motifs is 5. The monoisotopic (exact) mass is 583 g/mol. The van der Waals surface area contributed by atoms with Crippen molar-refractivity contribution in [1.82, 2.24) is 15.0 Å². The number of phenols is 1. The number of hydrogen-bond donors (Lipinski definition) is 1. The van der Waals surface area contributed by atoms with Crippen LogP contribution in [0.25, 0.3) is 55.1 Å². The van der Waals surface area contributed by atoms with Crippen molar-refractivity contribution in [3.63, 3.8) is 0 Å². The van der Waals surface area contributed by atoms with Crippen molar-refractivity contribution in [3.05, 3.63) is 91.0 Å². The van der Waals surface area contributed by atoms with Crippen LogP contribution >= 0.6 is 0 Å². The lowest BCUT2D eigenvalue weighted by atomic mass is 9.93. The van der Waals surface area contributed by atoms with Gasteiger partial charge in [-0.25, -0.2) is 4.98 Å². The predicted molar refractivity (Wildman–Crippen MR) is 182 cm³/mol. The Hall–Kier alpha value is -4.51. The second-order valence-corrected chi connectivity index (χ2v) is 11.7. The lowest BCUT2D eigenvalue weighted by Crippen LogP contribution is -2.05. The third kappa shape index (κ3) is 6.67. The molecule has 6 rings (SSSR count). The number of ether oxygens (including phenoxy) is 1. The normalized spacial score (nSPS) is 11.5. The molecule has 0 saturated carbocycles. The molecule has 0 aliphatic heterocycles. The van der Waals surface area contributed by atoms with Gasteiger partial charge >= 0.3 is 6.01 Å². The van der Waals surface area contributed by atoms with Gasteiger partial charge in [0.1, 0.15) is 5.75 Å². The van der Waals surface area contributed by atoms with Crippen LogP contribution < -0.4 is 4.74 Å². The van der Waals surface area contributed by atoms with E-state index in [1.54, 1.807) is 12.1 Å². The van der Waals surface area contributed by atoms with E-state index in [0.717, 1.165) is 34.6 Å². The molecular weight excluding hydrogens is 542 g/mol. The average molecular weight is 584 g/mol. The van der Waals surface area contributed by atoms with Crippen molar-refractivity contribution in [2.45, 2.75) is 71.1 Å². The molecule has 6 aromatic rings. The zero-order valence-corrected chi connectivity index (χ0v) is 25.6. The highest BCUT2D eigenvalue weighted by Gasteiger charge is 2.17. The number of benzene rings is 5. The molecule has 5 aromatic carbocycles. The maximum Gasteiger partial charge on any atom is 0.320 e. The second kappa shape index (κ2) is 14.3. The van der Waals surface area contributed by atoms with Crippen LogP contribution in [0.5, 0.6) is 11.8 Å². The largest absolute Gasteiger partial charge is 0.507 e. The highest BCUT2D eigenvalue weighted by atomic mass is 16.5. The molecule has 224 valence electrons. The van der Waals surface area contributed by atoms with Gasteiger partial charge in [-0.15, -0.1) is 0 Å². The van der Waals surface area contributed by atoms with E-state index in [2.05, 4.69) is 72.6 Å². The second-order valence-electron chi connectivity index (χ2n) is 11.7. The number of unbranched alkanes of at least 4 members (excludes halogenated alkanes) is 9. The third-order valence-corrected chi connectivity index (χ3v) is 8.50. The summed E-state index contributed by atoms with van der Waals surface area (Å²) in [5.74, 6) is 1.05. The van der Waals surface area contributed by atoms with Gasteiger partial charge in [0.05, 0.1) is 12.2 Å². The van der Waals surface area contributed by atoms with Crippen LogP contribution in [-0.4, -0.2) is 26.7 Å². The molecule has 1 aromatic heterocycles. The molecule has 0 amide bonds. The molecule has 0 radical (unpaired) electrons. The Bertz CT molecular complexity index is 1870. The minimum absolute atomic E-state index is 0.125. The molecule has 0 spiro atoms. The molecule has 0 bridgehead atoms. The summed E-state index contributed by atoms with van der Waals surface area (Å²) >= 11 is 0. The van der Waals surface area contributed by atoms with Crippen LogP contribution in [0.2, 0.25) is 0 Å². The van der Waals surface area contributed by atoms with Crippen molar-refractivity contribution in [3.8, 4) is 34.5 Å². The van der Waals surface area contributed by atoms with E-state index in [-0.39, 0.29) is 11.8 Å². The molecule has 44 heavy (non-hydrogen) atoms. The Morgan fingerprint density at radius 2 is 1.11 bits per heavy atom. The first kappa shape index (κ1) is 29.6. The third-order valence-electron chi connectivity index (χ3n) is 8.50. The number of aromatic nitrogens is 3. The van der Waals surface area contributed by atoms with Gasteiger partial charge in [0, 0.05) is 5.56 Å². The van der Waals surface area contributed by atoms with Crippen molar-refractivity contribution < 1.29 is 9.84 Å². The van der Waals surface area contributed by atoms with E-state index in [1.807, 2.05) is 18.2 Å². The lowest BCUT2D eigenvalue weighted by Gasteiger charge is -2.14. The zero-order chi connectivity index (χ0) is 30.1. The van der Waals surface area contributed by atoms with Gasteiger partial charge in [-0.05, 0) is 56.9 Å². The summed E-state index contributed by atoms with van der Waals surface area (Å²) in [6.45, 7) is 2.81. The molecular formula is C39H41N3O2. The van der Waals surface area contributed by atoms with Gasteiger partial charge in [-0.3, -0.25) is 0 Å².